The number of hydrogen-bond acceptors (Lipinski definition) is 3. The van der Waals surface area contributed by atoms with Crippen molar-refractivity contribution in [3.8, 4) is 5.75 Å². The van der Waals surface area contributed by atoms with E-state index in [1.165, 1.54) is 0 Å². The van der Waals surface area contributed by atoms with Crippen LogP contribution in [0.25, 0.3) is 0 Å². The first-order chi connectivity index (χ1) is 6.29. The third-order valence-electron chi connectivity index (χ3n) is 1.98. The minimum absolute atomic E-state index is 0.292. The number of nitrogen functional groups attached to an aromatic ring is 1. The molecule has 1 aromatic rings. The van der Waals surface area contributed by atoms with Crippen molar-refractivity contribution >= 4 is 12.0 Å². The van der Waals surface area contributed by atoms with Crippen LogP contribution in [-0.4, -0.2) is 12.4 Å². The summed E-state index contributed by atoms with van der Waals surface area (Å²) < 4.78 is 5.52. The van der Waals surface area contributed by atoms with Crippen LogP contribution < -0.4 is 10.5 Å². The highest BCUT2D eigenvalue weighted by Gasteiger charge is 2.24. The molecule has 2 N–H and O–H groups in total. The SMILES string of the molecule is Nc1ccc(C=O)c(OC2CC2)c1. The van der Waals surface area contributed by atoms with Gasteiger partial charge in [-0.15, -0.1) is 0 Å². The Morgan fingerprint density at radius 1 is 1.46 bits per heavy atom. The zero-order valence-corrected chi connectivity index (χ0v) is 7.19. The van der Waals surface area contributed by atoms with Gasteiger partial charge in [-0.1, -0.05) is 0 Å². The Hall–Kier alpha value is -1.51. The molecule has 0 radical (unpaired) electrons. The van der Waals surface area contributed by atoms with Gasteiger partial charge in [0.05, 0.1) is 11.7 Å². The van der Waals surface area contributed by atoms with Crippen molar-refractivity contribution < 1.29 is 9.53 Å². The average molecular weight is 177 g/mol. The van der Waals surface area contributed by atoms with E-state index < -0.39 is 0 Å². The molecule has 1 aliphatic carbocycles. The molecule has 1 aliphatic rings. The molecular weight excluding hydrogens is 166 g/mol. The number of aldehydes is 1. The minimum Gasteiger partial charge on any atom is -0.490 e. The Kier molecular flexibility index (Phi) is 1.93. The number of nitrogens with two attached hydrogens (primary N) is 1. The molecule has 0 spiro atoms. The second-order valence-corrected chi connectivity index (χ2v) is 3.23. The maximum atomic E-state index is 10.6. The van der Waals surface area contributed by atoms with E-state index in [1.54, 1.807) is 18.2 Å². The van der Waals surface area contributed by atoms with Crippen LogP contribution in [0.4, 0.5) is 5.69 Å². The van der Waals surface area contributed by atoms with Crippen molar-refractivity contribution in [2.24, 2.45) is 0 Å². The van der Waals surface area contributed by atoms with Crippen molar-refractivity contribution in [2.45, 2.75) is 18.9 Å². The van der Waals surface area contributed by atoms with Crippen molar-refractivity contribution in [2.75, 3.05) is 5.73 Å². The van der Waals surface area contributed by atoms with Gasteiger partial charge < -0.3 is 10.5 Å². The molecule has 0 saturated heterocycles. The van der Waals surface area contributed by atoms with Crippen LogP contribution >= 0.6 is 0 Å². The van der Waals surface area contributed by atoms with Gasteiger partial charge in [-0.3, -0.25) is 4.79 Å². The predicted molar refractivity (Wildman–Crippen MR) is 49.9 cm³/mol. The molecule has 1 saturated carbocycles. The number of anilines is 1. The molecule has 68 valence electrons. The van der Waals surface area contributed by atoms with Gasteiger partial charge >= 0.3 is 0 Å². The topological polar surface area (TPSA) is 52.3 Å². The number of benzene rings is 1. The number of hydrogen-bond donors (Lipinski definition) is 1. The largest absolute Gasteiger partial charge is 0.490 e. The van der Waals surface area contributed by atoms with Gasteiger partial charge in [0.25, 0.3) is 0 Å². The fourth-order valence-electron chi connectivity index (χ4n) is 1.12. The summed E-state index contributed by atoms with van der Waals surface area (Å²) in [6, 6.07) is 5.07. The van der Waals surface area contributed by atoms with Crippen LogP contribution in [0.5, 0.6) is 5.75 Å². The van der Waals surface area contributed by atoms with Gasteiger partial charge in [-0.25, -0.2) is 0 Å². The predicted octanol–water partition coefficient (Wildman–Crippen LogP) is 1.62. The summed E-state index contributed by atoms with van der Waals surface area (Å²) in [4.78, 5) is 10.6. The fraction of sp³-hybridized carbons (Fsp3) is 0.300. The summed E-state index contributed by atoms with van der Waals surface area (Å²) in [6.07, 6.45) is 3.23. The molecule has 3 nitrogen and oxygen atoms in total. The lowest BCUT2D eigenvalue weighted by molar-refractivity contribution is 0.111. The highest BCUT2D eigenvalue weighted by Crippen LogP contribution is 2.29. The lowest BCUT2D eigenvalue weighted by Gasteiger charge is -2.07. The highest BCUT2D eigenvalue weighted by molar-refractivity contribution is 5.80. The Morgan fingerprint density at radius 3 is 2.85 bits per heavy atom. The molecular formula is C10H11NO2. The first-order valence-electron chi connectivity index (χ1n) is 4.31. The van der Waals surface area contributed by atoms with Gasteiger partial charge in [0.15, 0.2) is 6.29 Å². The van der Waals surface area contributed by atoms with Crippen LogP contribution in [0.15, 0.2) is 18.2 Å². The Balaban J connectivity index is 2.27. The molecule has 1 aromatic carbocycles. The van der Waals surface area contributed by atoms with E-state index >= 15 is 0 Å². The lowest BCUT2D eigenvalue weighted by atomic mass is 10.2. The first-order valence-corrected chi connectivity index (χ1v) is 4.31. The van der Waals surface area contributed by atoms with Crippen LogP contribution in [0, 0.1) is 0 Å². The number of carbonyl (C=O) groups excluding carboxylic acids is 1. The smallest absolute Gasteiger partial charge is 0.153 e. The van der Waals surface area contributed by atoms with Gasteiger partial charge in [0, 0.05) is 11.8 Å². The summed E-state index contributed by atoms with van der Waals surface area (Å²) in [6.45, 7) is 0. The molecule has 0 amide bonds. The molecule has 13 heavy (non-hydrogen) atoms. The molecule has 0 bridgehead atoms. The molecule has 0 atom stereocenters. The number of carbonyl (C=O) groups is 1. The second-order valence-electron chi connectivity index (χ2n) is 3.23. The fourth-order valence-corrected chi connectivity index (χ4v) is 1.12. The average Bonchev–Trinajstić information content (AvgIpc) is 2.89. The van der Waals surface area contributed by atoms with Crippen molar-refractivity contribution in [3.05, 3.63) is 23.8 Å². The van der Waals surface area contributed by atoms with E-state index in [9.17, 15) is 4.79 Å². The summed E-state index contributed by atoms with van der Waals surface area (Å²) in [5.74, 6) is 0.609. The quantitative estimate of drug-likeness (QED) is 0.563. The molecule has 1 fully saturated rings. The lowest BCUT2D eigenvalue weighted by Crippen LogP contribution is -2.00. The van der Waals surface area contributed by atoms with Gasteiger partial charge in [0.1, 0.15) is 5.75 Å². The van der Waals surface area contributed by atoms with E-state index in [4.69, 9.17) is 10.5 Å². The Morgan fingerprint density at radius 2 is 2.23 bits per heavy atom. The van der Waals surface area contributed by atoms with E-state index in [1.807, 2.05) is 0 Å². The monoisotopic (exact) mass is 177 g/mol. The van der Waals surface area contributed by atoms with Crippen molar-refractivity contribution in [1.82, 2.24) is 0 Å². The van der Waals surface area contributed by atoms with Crippen LogP contribution in [0.3, 0.4) is 0 Å². The minimum atomic E-state index is 0.292. The third kappa shape index (κ3) is 1.80. The summed E-state index contributed by atoms with van der Waals surface area (Å²) in [5, 5.41) is 0. The summed E-state index contributed by atoms with van der Waals surface area (Å²) in [7, 11) is 0. The zero-order valence-electron chi connectivity index (χ0n) is 7.19. The van der Waals surface area contributed by atoms with E-state index in [0.717, 1.165) is 19.1 Å². The molecule has 0 heterocycles. The highest BCUT2D eigenvalue weighted by atomic mass is 16.5. The standard InChI is InChI=1S/C10H11NO2/c11-8-2-1-7(6-12)10(5-8)13-9-3-4-9/h1-2,5-6,9H,3-4,11H2. The normalized spacial score (nSPS) is 15.4. The van der Waals surface area contributed by atoms with E-state index in [0.29, 0.717) is 23.1 Å². The van der Waals surface area contributed by atoms with Crippen molar-refractivity contribution in [1.29, 1.82) is 0 Å². The maximum Gasteiger partial charge on any atom is 0.153 e. The summed E-state index contributed by atoms with van der Waals surface area (Å²) in [5.41, 5.74) is 6.78. The second kappa shape index (κ2) is 3.09. The third-order valence-corrected chi connectivity index (χ3v) is 1.98. The first kappa shape index (κ1) is 8.10. The number of rotatable bonds is 3. The molecule has 0 aliphatic heterocycles. The van der Waals surface area contributed by atoms with Crippen LogP contribution in [0.1, 0.15) is 23.2 Å². The molecule has 3 heteroatoms. The van der Waals surface area contributed by atoms with Crippen LogP contribution in [0.2, 0.25) is 0 Å². The van der Waals surface area contributed by atoms with Crippen molar-refractivity contribution in [3.63, 3.8) is 0 Å². The zero-order chi connectivity index (χ0) is 9.26. The number of ether oxygens (including phenoxy) is 1. The van der Waals surface area contributed by atoms with Gasteiger partial charge in [0.2, 0.25) is 0 Å². The van der Waals surface area contributed by atoms with Crippen LogP contribution in [-0.2, 0) is 0 Å². The molecule has 0 unspecified atom stereocenters. The Bertz CT molecular complexity index is 332. The van der Waals surface area contributed by atoms with Gasteiger partial charge in [-0.2, -0.15) is 0 Å². The van der Waals surface area contributed by atoms with E-state index in [2.05, 4.69) is 0 Å². The summed E-state index contributed by atoms with van der Waals surface area (Å²) >= 11 is 0. The molecule has 0 aromatic heterocycles. The van der Waals surface area contributed by atoms with Gasteiger partial charge in [-0.05, 0) is 25.0 Å². The maximum absolute atomic E-state index is 10.6. The Labute approximate surface area is 76.5 Å². The van der Waals surface area contributed by atoms with E-state index in [-0.39, 0.29) is 0 Å². The molecule has 2 rings (SSSR count).